The van der Waals surface area contributed by atoms with E-state index in [2.05, 4.69) is 43.1 Å². The van der Waals surface area contributed by atoms with Crippen LogP contribution in [0.3, 0.4) is 0 Å². The monoisotopic (exact) mass is 334 g/mol. The van der Waals surface area contributed by atoms with Gasteiger partial charge in [0, 0.05) is 12.2 Å². The van der Waals surface area contributed by atoms with Crippen LogP contribution in [0.2, 0.25) is 0 Å². The van der Waals surface area contributed by atoms with Crippen LogP contribution in [-0.2, 0) is 12.2 Å². The topological polar surface area (TPSA) is 66.0 Å². The fourth-order valence-corrected chi connectivity index (χ4v) is 2.87. The largest absolute Gasteiger partial charge is 0.494 e. The van der Waals surface area contributed by atoms with Gasteiger partial charge in [0.15, 0.2) is 5.82 Å². The van der Waals surface area contributed by atoms with Crippen molar-refractivity contribution >= 4 is 11.8 Å². The van der Waals surface area contributed by atoms with Crippen LogP contribution in [0.5, 0.6) is 5.75 Å². The molecule has 0 saturated carbocycles. The number of aromatic nitrogens is 3. The Hall–Kier alpha value is -1.69. The van der Waals surface area contributed by atoms with E-state index < -0.39 is 0 Å². The van der Waals surface area contributed by atoms with Crippen molar-refractivity contribution in [3.8, 4) is 5.75 Å². The quantitative estimate of drug-likeness (QED) is 0.560. The van der Waals surface area contributed by atoms with Crippen molar-refractivity contribution in [1.29, 1.82) is 0 Å². The molecular formula is C17H26N4OS. The predicted molar refractivity (Wildman–Crippen MR) is 95.1 cm³/mol. The third kappa shape index (κ3) is 5.46. The van der Waals surface area contributed by atoms with E-state index in [9.17, 15) is 0 Å². The Morgan fingerprint density at radius 2 is 1.96 bits per heavy atom. The van der Waals surface area contributed by atoms with E-state index in [0.717, 1.165) is 48.4 Å². The Morgan fingerprint density at radius 3 is 2.61 bits per heavy atom. The molecule has 6 heteroatoms. The Bertz CT molecular complexity index is 595. The normalized spacial score (nSPS) is 11.1. The molecule has 0 atom stereocenters. The summed E-state index contributed by atoms with van der Waals surface area (Å²) in [6.07, 6.45) is 2.94. The lowest BCUT2D eigenvalue weighted by Crippen LogP contribution is -2.13. The Kier molecular flexibility index (Phi) is 6.77. The van der Waals surface area contributed by atoms with E-state index in [1.807, 2.05) is 12.1 Å². The maximum atomic E-state index is 6.01. The molecule has 0 bridgehead atoms. The van der Waals surface area contributed by atoms with Crippen LogP contribution in [0.15, 0.2) is 29.4 Å². The van der Waals surface area contributed by atoms with Gasteiger partial charge in [-0.1, -0.05) is 44.7 Å². The van der Waals surface area contributed by atoms with Crippen molar-refractivity contribution in [2.45, 2.75) is 50.9 Å². The van der Waals surface area contributed by atoms with Gasteiger partial charge in [-0.05, 0) is 36.5 Å². The molecule has 0 aliphatic rings. The lowest BCUT2D eigenvalue weighted by molar-refractivity contribution is 0.289. The van der Waals surface area contributed by atoms with Gasteiger partial charge in [-0.3, -0.25) is 0 Å². The van der Waals surface area contributed by atoms with Crippen molar-refractivity contribution in [2.75, 3.05) is 12.4 Å². The number of aryl methyl sites for hydroxylation is 1. The second kappa shape index (κ2) is 8.82. The Morgan fingerprint density at radius 1 is 1.22 bits per heavy atom. The molecule has 1 aromatic heterocycles. The van der Waals surface area contributed by atoms with Crippen LogP contribution in [0.1, 0.15) is 45.0 Å². The summed E-state index contributed by atoms with van der Waals surface area (Å²) in [6, 6.07) is 8.21. The Balaban J connectivity index is 1.84. The first kappa shape index (κ1) is 17.7. The van der Waals surface area contributed by atoms with Crippen molar-refractivity contribution < 1.29 is 4.74 Å². The molecule has 1 heterocycles. The molecule has 2 aromatic rings. The second-order valence-corrected chi connectivity index (χ2v) is 6.92. The summed E-state index contributed by atoms with van der Waals surface area (Å²) in [4.78, 5) is 0. The number of benzene rings is 1. The van der Waals surface area contributed by atoms with E-state index in [4.69, 9.17) is 10.6 Å². The average molecular weight is 334 g/mol. The fourth-order valence-electron chi connectivity index (χ4n) is 2.04. The smallest absolute Gasteiger partial charge is 0.210 e. The molecule has 126 valence electrons. The molecule has 2 rings (SSSR count). The minimum atomic E-state index is 0.664. The van der Waals surface area contributed by atoms with Gasteiger partial charge in [-0.15, -0.1) is 10.2 Å². The molecule has 0 fully saturated rings. The maximum Gasteiger partial charge on any atom is 0.210 e. The standard InChI is InChI=1S/C17H26N4OS/c1-4-5-16-19-20-17(21(16)18)23-12-14-6-8-15(9-7-14)22-11-10-13(2)3/h6-9,13H,4-5,10-12,18H2,1-3H3. The number of ether oxygens (including phenoxy) is 1. The van der Waals surface area contributed by atoms with E-state index >= 15 is 0 Å². The zero-order valence-corrected chi connectivity index (χ0v) is 15.0. The molecule has 5 nitrogen and oxygen atoms in total. The van der Waals surface area contributed by atoms with E-state index in [1.54, 1.807) is 16.4 Å². The molecule has 0 radical (unpaired) electrons. The van der Waals surface area contributed by atoms with E-state index in [0.29, 0.717) is 5.92 Å². The fraction of sp³-hybridized carbons (Fsp3) is 0.529. The number of hydrogen-bond acceptors (Lipinski definition) is 5. The minimum absolute atomic E-state index is 0.664. The molecule has 0 aliphatic carbocycles. The third-order valence-corrected chi connectivity index (χ3v) is 4.48. The van der Waals surface area contributed by atoms with Gasteiger partial charge in [0.05, 0.1) is 6.61 Å². The number of thioether (sulfide) groups is 1. The summed E-state index contributed by atoms with van der Waals surface area (Å²) >= 11 is 1.60. The van der Waals surface area contributed by atoms with Crippen LogP contribution in [0, 0.1) is 5.92 Å². The molecule has 23 heavy (non-hydrogen) atoms. The van der Waals surface area contributed by atoms with Crippen molar-refractivity contribution in [1.82, 2.24) is 14.9 Å². The molecular weight excluding hydrogens is 308 g/mol. The summed E-state index contributed by atoms with van der Waals surface area (Å²) in [5.74, 6) is 9.24. The summed E-state index contributed by atoms with van der Waals surface area (Å²) in [5, 5.41) is 9.03. The number of nitrogens with two attached hydrogens (primary N) is 1. The lowest BCUT2D eigenvalue weighted by Gasteiger charge is -2.08. The SMILES string of the molecule is CCCc1nnc(SCc2ccc(OCCC(C)C)cc2)n1N. The molecule has 2 N–H and O–H groups in total. The van der Waals surface area contributed by atoms with Gasteiger partial charge < -0.3 is 10.6 Å². The number of nitrogen functional groups attached to an aromatic ring is 1. The highest BCUT2D eigenvalue weighted by molar-refractivity contribution is 7.98. The first-order valence-corrected chi connectivity index (χ1v) is 9.12. The highest BCUT2D eigenvalue weighted by Crippen LogP contribution is 2.22. The Labute approximate surface area is 142 Å². The zero-order chi connectivity index (χ0) is 16.7. The van der Waals surface area contributed by atoms with Crippen LogP contribution < -0.4 is 10.6 Å². The van der Waals surface area contributed by atoms with Gasteiger partial charge in [0.25, 0.3) is 0 Å². The van der Waals surface area contributed by atoms with Crippen LogP contribution >= 0.6 is 11.8 Å². The van der Waals surface area contributed by atoms with Gasteiger partial charge in [0.1, 0.15) is 5.75 Å². The average Bonchev–Trinajstić information content (AvgIpc) is 2.87. The molecule has 1 aromatic carbocycles. The lowest BCUT2D eigenvalue weighted by atomic mass is 10.1. The number of hydrogen-bond donors (Lipinski definition) is 1. The van der Waals surface area contributed by atoms with Crippen molar-refractivity contribution in [2.24, 2.45) is 5.92 Å². The first-order chi connectivity index (χ1) is 11.1. The maximum absolute atomic E-state index is 6.01. The molecule has 0 unspecified atom stereocenters. The van der Waals surface area contributed by atoms with Gasteiger partial charge in [-0.25, -0.2) is 4.68 Å². The summed E-state index contributed by atoms with van der Waals surface area (Å²) in [6.45, 7) is 7.27. The molecule has 0 saturated heterocycles. The molecule has 0 amide bonds. The summed E-state index contributed by atoms with van der Waals surface area (Å²) in [7, 11) is 0. The van der Waals surface area contributed by atoms with Crippen molar-refractivity contribution in [3.05, 3.63) is 35.7 Å². The van der Waals surface area contributed by atoms with Crippen LogP contribution in [-0.4, -0.2) is 21.5 Å². The predicted octanol–water partition coefficient (Wildman–Crippen LogP) is 3.66. The van der Waals surface area contributed by atoms with Crippen LogP contribution in [0.4, 0.5) is 0 Å². The first-order valence-electron chi connectivity index (χ1n) is 8.14. The van der Waals surface area contributed by atoms with Gasteiger partial charge >= 0.3 is 0 Å². The number of rotatable bonds is 9. The van der Waals surface area contributed by atoms with E-state index in [1.165, 1.54) is 5.56 Å². The molecule has 0 spiro atoms. The summed E-state index contributed by atoms with van der Waals surface area (Å²) in [5.41, 5.74) is 1.21. The van der Waals surface area contributed by atoms with Gasteiger partial charge in [0.2, 0.25) is 5.16 Å². The highest BCUT2D eigenvalue weighted by Gasteiger charge is 2.09. The minimum Gasteiger partial charge on any atom is -0.494 e. The number of nitrogens with zero attached hydrogens (tertiary/aromatic N) is 3. The molecule has 0 aliphatic heterocycles. The van der Waals surface area contributed by atoms with Gasteiger partial charge in [-0.2, -0.15) is 0 Å². The van der Waals surface area contributed by atoms with Crippen molar-refractivity contribution in [3.63, 3.8) is 0 Å². The highest BCUT2D eigenvalue weighted by atomic mass is 32.2. The second-order valence-electron chi connectivity index (χ2n) is 5.98. The summed E-state index contributed by atoms with van der Waals surface area (Å²) < 4.78 is 7.33. The third-order valence-electron chi connectivity index (χ3n) is 3.46. The zero-order valence-electron chi connectivity index (χ0n) is 14.2. The van der Waals surface area contributed by atoms with E-state index in [-0.39, 0.29) is 0 Å². The van der Waals surface area contributed by atoms with Crippen LogP contribution in [0.25, 0.3) is 0 Å².